The van der Waals surface area contributed by atoms with Gasteiger partial charge in [-0.2, -0.15) is 11.8 Å². The number of nitrogens with one attached hydrogen (secondary N) is 3. The molecular weight excluding hydrogens is 472 g/mol. The fourth-order valence-electron chi connectivity index (χ4n) is 5.36. The molecule has 2 aromatic carbocycles. The van der Waals surface area contributed by atoms with Crippen LogP contribution in [0.15, 0.2) is 48.5 Å². The molecule has 0 saturated carbocycles. The van der Waals surface area contributed by atoms with Crippen LogP contribution in [0, 0.1) is 0 Å². The van der Waals surface area contributed by atoms with Gasteiger partial charge in [0.15, 0.2) is 0 Å². The van der Waals surface area contributed by atoms with E-state index in [9.17, 15) is 14.4 Å². The van der Waals surface area contributed by atoms with Crippen molar-refractivity contribution in [1.29, 1.82) is 0 Å². The third-order valence-electron chi connectivity index (χ3n) is 7.40. The summed E-state index contributed by atoms with van der Waals surface area (Å²) in [6.07, 6.45) is 3.71. The number of fused-ring (bicyclic) bond motifs is 7. The zero-order valence-electron chi connectivity index (χ0n) is 20.8. The molecule has 3 aromatic rings. The van der Waals surface area contributed by atoms with E-state index in [0.717, 1.165) is 39.9 Å². The van der Waals surface area contributed by atoms with Crippen LogP contribution in [0.4, 0.5) is 0 Å². The molecule has 7 nitrogen and oxygen atoms in total. The third-order valence-corrected chi connectivity index (χ3v) is 8.04. The number of benzene rings is 2. The van der Waals surface area contributed by atoms with Gasteiger partial charge in [-0.15, -0.1) is 0 Å². The summed E-state index contributed by atoms with van der Waals surface area (Å²) in [5.41, 5.74) is 4.54. The van der Waals surface area contributed by atoms with Crippen LogP contribution in [0.1, 0.15) is 59.9 Å². The largest absolute Gasteiger partial charge is 0.356 e. The Labute approximate surface area is 215 Å². The van der Waals surface area contributed by atoms with Crippen molar-refractivity contribution in [3.63, 3.8) is 0 Å². The Kier molecular flexibility index (Phi) is 6.79. The number of thioether (sulfide) groups is 1. The van der Waals surface area contributed by atoms with Crippen molar-refractivity contribution in [3.8, 4) is 0 Å². The number of para-hydroxylation sites is 1. The van der Waals surface area contributed by atoms with Gasteiger partial charge in [-0.25, -0.2) is 0 Å². The van der Waals surface area contributed by atoms with E-state index >= 15 is 0 Å². The molecule has 1 aromatic heterocycles. The molecule has 2 aliphatic heterocycles. The smallest absolute Gasteiger partial charge is 0.255 e. The minimum Gasteiger partial charge on any atom is -0.356 e. The van der Waals surface area contributed by atoms with Crippen LogP contribution in [0.5, 0.6) is 0 Å². The van der Waals surface area contributed by atoms with Crippen LogP contribution in [0.25, 0.3) is 10.9 Å². The lowest BCUT2D eigenvalue weighted by Gasteiger charge is -2.37. The number of aromatic amines is 1. The lowest BCUT2D eigenvalue weighted by Crippen LogP contribution is -2.57. The van der Waals surface area contributed by atoms with E-state index in [1.807, 2.05) is 62.6 Å². The van der Waals surface area contributed by atoms with Crippen molar-refractivity contribution in [2.45, 2.75) is 57.3 Å². The molecule has 36 heavy (non-hydrogen) atoms. The molecule has 0 saturated heterocycles. The quantitative estimate of drug-likeness (QED) is 0.435. The number of H-pyrrole nitrogens is 1. The van der Waals surface area contributed by atoms with Gasteiger partial charge in [-0.05, 0) is 55.0 Å². The molecule has 0 aliphatic carbocycles. The summed E-state index contributed by atoms with van der Waals surface area (Å²) in [7, 11) is 0. The molecule has 0 unspecified atom stereocenters. The molecule has 4 atom stereocenters. The van der Waals surface area contributed by atoms with Gasteiger partial charge in [-0.3, -0.25) is 14.4 Å². The zero-order valence-corrected chi connectivity index (χ0v) is 21.7. The van der Waals surface area contributed by atoms with E-state index in [0.29, 0.717) is 18.4 Å². The first-order valence-corrected chi connectivity index (χ1v) is 13.9. The van der Waals surface area contributed by atoms with Crippen molar-refractivity contribution >= 4 is 40.4 Å². The highest BCUT2D eigenvalue weighted by Crippen LogP contribution is 2.46. The monoisotopic (exact) mass is 504 g/mol. The van der Waals surface area contributed by atoms with Gasteiger partial charge < -0.3 is 20.5 Å². The van der Waals surface area contributed by atoms with E-state index in [4.69, 9.17) is 0 Å². The molecule has 3 heterocycles. The summed E-state index contributed by atoms with van der Waals surface area (Å²) in [6.45, 7) is 3.97. The summed E-state index contributed by atoms with van der Waals surface area (Å²) in [5, 5.41) is 7.08. The topological polar surface area (TPSA) is 94.3 Å². The van der Waals surface area contributed by atoms with Crippen molar-refractivity contribution < 1.29 is 14.4 Å². The number of aromatic nitrogens is 1. The molecule has 188 valence electrons. The number of nitrogens with zero attached hydrogens (tertiary/aromatic N) is 1. The molecule has 0 spiro atoms. The minimum absolute atomic E-state index is 0.0219. The maximum Gasteiger partial charge on any atom is 0.255 e. The molecule has 3 N–H and O–H groups in total. The lowest BCUT2D eigenvalue weighted by molar-refractivity contribution is -0.132. The van der Waals surface area contributed by atoms with Gasteiger partial charge in [0, 0.05) is 34.6 Å². The van der Waals surface area contributed by atoms with Gasteiger partial charge in [0.1, 0.15) is 12.1 Å². The number of hydrogen-bond donors (Lipinski definition) is 3. The van der Waals surface area contributed by atoms with Crippen molar-refractivity contribution in [2.75, 3.05) is 12.0 Å². The van der Waals surface area contributed by atoms with Crippen molar-refractivity contribution in [2.24, 2.45) is 0 Å². The van der Waals surface area contributed by atoms with Crippen molar-refractivity contribution in [3.05, 3.63) is 70.9 Å². The predicted octanol–water partition coefficient (Wildman–Crippen LogP) is 3.79. The molecule has 3 amide bonds. The molecule has 2 aliphatic rings. The highest BCUT2D eigenvalue weighted by atomic mass is 32.2. The van der Waals surface area contributed by atoms with Gasteiger partial charge in [-0.1, -0.05) is 43.3 Å². The fraction of sp³-hybridized carbons (Fsp3) is 0.393. The van der Waals surface area contributed by atoms with Crippen LogP contribution < -0.4 is 10.6 Å². The van der Waals surface area contributed by atoms with Gasteiger partial charge in [0.05, 0.1) is 6.04 Å². The van der Waals surface area contributed by atoms with Crippen LogP contribution in [0.2, 0.25) is 0 Å². The predicted molar refractivity (Wildman–Crippen MR) is 143 cm³/mol. The standard InChI is InChI=1S/C28H32N4O3S/c1-4-16(2)29-26(33)22(13-14-36-3)31-27(34)23-15-20-17-9-7-8-12-21(17)30-24(20)25-18-10-5-6-11-19(18)28(35)32(23)25/h5-12,16,22-23,25,30H,4,13-15H2,1-3H3,(H,29,33)(H,31,34)/t16-,22-,23-,25-/m0/s1. The first kappa shape index (κ1) is 24.4. The Morgan fingerprint density at radius 2 is 1.89 bits per heavy atom. The molecule has 0 fully saturated rings. The summed E-state index contributed by atoms with van der Waals surface area (Å²) in [6, 6.07) is 13.9. The Bertz CT molecular complexity index is 1320. The normalized spacial score (nSPS) is 19.9. The van der Waals surface area contributed by atoms with E-state index in [-0.39, 0.29) is 29.8 Å². The number of rotatable bonds is 8. The number of carbonyl (C=O) groups is 3. The lowest BCUT2D eigenvalue weighted by atomic mass is 9.89. The zero-order chi connectivity index (χ0) is 25.4. The second-order valence-corrected chi connectivity index (χ2v) is 10.6. The van der Waals surface area contributed by atoms with Crippen LogP contribution >= 0.6 is 11.8 Å². The van der Waals surface area contributed by atoms with Crippen molar-refractivity contribution in [1.82, 2.24) is 20.5 Å². The third kappa shape index (κ3) is 4.17. The average Bonchev–Trinajstić information content (AvgIpc) is 3.41. The SMILES string of the molecule is CC[C@H](C)NC(=O)[C@H](CCSC)NC(=O)[C@@H]1Cc2c([nH]c3ccccc23)[C@@H]2c3ccccc3C(=O)N21. The van der Waals surface area contributed by atoms with Crippen LogP contribution in [-0.2, 0) is 16.0 Å². The Hall–Kier alpha value is -3.26. The molecular formula is C28H32N4O3S. The maximum atomic E-state index is 13.8. The van der Waals surface area contributed by atoms with Crippen LogP contribution in [0.3, 0.4) is 0 Å². The van der Waals surface area contributed by atoms with Crippen LogP contribution in [-0.4, -0.2) is 57.7 Å². The van der Waals surface area contributed by atoms with E-state index in [2.05, 4.69) is 21.7 Å². The maximum absolute atomic E-state index is 13.8. The molecule has 0 bridgehead atoms. The number of hydrogen-bond acceptors (Lipinski definition) is 4. The minimum atomic E-state index is -0.713. The Morgan fingerprint density at radius 3 is 2.67 bits per heavy atom. The number of carbonyl (C=O) groups excluding carboxylic acids is 3. The van der Waals surface area contributed by atoms with Gasteiger partial charge in [0.2, 0.25) is 11.8 Å². The van der Waals surface area contributed by atoms with Gasteiger partial charge in [0.25, 0.3) is 5.91 Å². The fourth-order valence-corrected chi connectivity index (χ4v) is 5.83. The summed E-state index contributed by atoms with van der Waals surface area (Å²) >= 11 is 1.64. The second-order valence-electron chi connectivity index (χ2n) is 9.65. The number of amides is 3. The average molecular weight is 505 g/mol. The second kappa shape index (κ2) is 10.0. The van der Waals surface area contributed by atoms with Gasteiger partial charge >= 0.3 is 0 Å². The summed E-state index contributed by atoms with van der Waals surface area (Å²) in [4.78, 5) is 45.7. The summed E-state index contributed by atoms with van der Waals surface area (Å²) < 4.78 is 0. The Morgan fingerprint density at radius 1 is 1.14 bits per heavy atom. The molecule has 5 rings (SSSR count). The Balaban J connectivity index is 1.51. The van der Waals surface area contributed by atoms with E-state index in [1.54, 1.807) is 16.7 Å². The first-order valence-electron chi connectivity index (χ1n) is 12.5. The molecule has 0 radical (unpaired) electrons. The van der Waals surface area contributed by atoms with E-state index < -0.39 is 12.1 Å². The summed E-state index contributed by atoms with van der Waals surface area (Å²) in [5.74, 6) is 0.127. The van der Waals surface area contributed by atoms with E-state index in [1.165, 1.54) is 0 Å². The highest BCUT2D eigenvalue weighted by molar-refractivity contribution is 7.98. The first-order chi connectivity index (χ1) is 17.4. The highest BCUT2D eigenvalue weighted by Gasteiger charge is 2.49. The molecule has 8 heteroatoms.